The first-order valence-corrected chi connectivity index (χ1v) is 4.28. The lowest BCUT2D eigenvalue weighted by Gasteiger charge is -2.22. The van der Waals surface area contributed by atoms with E-state index in [-0.39, 0.29) is 16.7 Å². The van der Waals surface area contributed by atoms with Gasteiger partial charge >= 0.3 is 5.97 Å². The Morgan fingerprint density at radius 2 is 2.36 bits per heavy atom. The number of rotatable bonds is 1. The fourth-order valence-corrected chi connectivity index (χ4v) is 1.59. The van der Waals surface area contributed by atoms with Crippen molar-refractivity contribution in [2.24, 2.45) is 15.7 Å². The van der Waals surface area contributed by atoms with E-state index in [0.717, 1.165) is 0 Å². The molecule has 0 spiro atoms. The second-order valence-corrected chi connectivity index (χ2v) is 3.14. The molecule has 0 aromatic heterocycles. The number of carboxylic acids is 1. The first-order chi connectivity index (χ1) is 6.61. The molecule has 3 N–H and O–H groups in total. The van der Waals surface area contributed by atoms with Gasteiger partial charge in [0.15, 0.2) is 11.5 Å². The van der Waals surface area contributed by atoms with Crippen molar-refractivity contribution in [3.05, 3.63) is 11.4 Å². The molecule has 0 unspecified atom stereocenters. The molecule has 0 atom stereocenters. The van der Waals surface area contributed by atoms with Crippen molar-refractivity contribution in [2.45, 2.75) is 0 Å². The zero-order valence-corrected chi connectivity index (χ0v) is 7.82. The van der Waals surface area contributed by atoms with E-state index in [0.29, 0.717) is 18.9 Å². The molecule has 0 amide bonds. The standard InChI is InChI=1S/C7H7ClN4O2/c8-7-11-4(6(13)14)3(9)5-10-1-2-12(5)7/h1-2,9H2,(H,13,14). The van der Waals surface area contributed by atoms with E-state index in [1.807, 2.05) is 0 Å². The van der Waals surface area contributed by atoms with Gasteiger partial charge in [-0.2, -0.15) is 0 Å². The maximum Gasteiger partial charge on any atom is 0.356 e. The minimum absolute atomic E-state index is 0.0689. The molecular formula is C7H7ClN4O2. The fourth-order valence-electron chi connectivity index (χ4n) is 1.34. The van der Waals surface area contributed by atoms with Gasteiger partial charge in [0.2, 0.25) is 5.29 Å². The van der Waals surface area contributed by atoms with Crippen molar-refractivity contribution in [2.75, 3.05) is 13.1 Å². The van der Waals surface area contributed by atoms with Crippen LogP contribution in [0.5, 0.6) is 0 Å². The third-order valence-electron chi connectivity index (χ3n) is 1.97. The fraction of sp³-hybridized carbons (Fsp3) is 0.286. The smallest absolute Gasteiger partial charge is 0.356 e. The molecule has 7 heteroatoms. The molecule has 2 aliphatic heterocycles. The van der Waals surface area contributed by atoms with Crippen molar-refractivity contribution in [1.82, 2.24) is 4.90 Å². The van der Waals surface area contributed by atoms with Crippen LogP contribution in [0.4, 0.5) is 0 Å². The van der Waals surface area contributed by atoms with Crippen molar-refractivity contribution in [3.8, 4) is 0 Å². The molecule has 2 aliphatic rings. The van der Waals surface area contributed by atoms with Crippen LogP contribution in [0, 0.1) is 0 Å². The summed E-state index contributed by atoms with van der Waals surface area (Å²) in [7, 11) is 0. The summed E-state index contributed by atoms with van der Waals surface area (Å²) >= 11 is 5.76. The van der Waals surface area contributed by atoms with Crippen LogP contribution in [0.15, 0.2) is 21.4 Å². The lowest BCUT2D eigenvalue weighted by molar-refractivity contribution is -0.132. The number of fused-ring (bicyclic) bond motifs is 1. The number of nitrogens with zero attached hydrogens (tertiary/aromatic N) is 3. The van der Waals surface area contributed by atoms with E-state index in [4.69, 9.17) is 22.4 Å². The van der Waals surface area contributed by atoms with Crippen molar-refractivity contribution in [1.29, 1.82) is 0 Å². The van der Waals surface area contributed by atoms with Crippen LogP contribution in [-0.4, -0.2) is 40.2 Å². The van der Waals surface area contributed by atoms with Gasteiger partial charge in [-0.1, -0.05) is 0 Å². The Kier molecular flexibility index (Phi) is 1.92. The van der Waals surface area contributed by atoms with Gasteiger partial charge in [0.25, 0.3) is 0 Å². The highest BCUT2D eigenvalue weighted by atomic mass is 35.5. The van der Waals surface area contributed by atoms with E-state index >= 15 is 0 Å². The predicted octanol–water partition coefficient (Wildman–Crippen LogP) is -0.436. The monoisotopic (exact) mass is 214 g/mol. The van der Waals surface area contributed by atoms with Crippen LogP contribution in [0.2, 0.25) is 0 Å². The summed E-state index contributed by atoms with van der Waals surface area (Å²) in [5, 5.41) is 8.87. The molecule has 2 rings (SSSR count). The Labute approximate surface area is 84.4 Å². The van der Waals surface area contributed by atoms with Crippen LogP contribution in [0.1, 0.15) is 0 Å². The van der Waals surface area contributed by atoms with Crippen molar-refractivity contribution in [3.63, 3.8) is 0 Å². The SMILES string of the molecule is NC1=C(C(=O)O)N=C(Cl)N2CCN=C12. The Balaban J connectivity index is 2.52. The number of amidine groups is 2. The maximum absolute atomic E-state index is 10.7. The zero-order chi connectivity index (χ0) is 10.3. The molecule has 0 aliphatic carbocycles. The minimum atomic E-state index is -1.20. The lowest BCUT2D eigenvalue weighted by Crippen LogP contribution is -2.39. The van der Waals surface area contributed by atoms with Gasteiger partial charge in [-0.15, -0.1) is 0 Å². The zero-order valence-electron chi connectivity index (χ0n) is 7.07. The molecular weight excluding hydrogens is 208 g/mol. The second kappa shape index (κ2) is 2.98. The van der Waals surface area contributed by atoms with Crippen LogP contribution >= 0.6 is 11.6 Å². The molecule has 74 valence electrons. The first kappa shape index (κ1) is 9.01. The van der Waals surface area contributed by atoms with E-state index in [1.54, 1.807) is 4.90 Å². The Hall–Kier alpha value is -1.56. The minimum Gasteiger partial charge on any atom is -0.476 e. The van der Waals surface area contributed by atoms with Crippen molar-refractivity contribution < 1.29 is 9.90 Å². The molecule has 0 saturated heterocycles. The summed E-state index contributed by atoms with van der Waals surface area (Å²) in [4.78, 5) is 20.0. The van der Waals surface area contributed by atoms with E-state index in [1.165, 1.54) is 0 Å². The van der Waals surface area contributed by atoms with Crippen molar-refractivity contribution >= 4 is 28.7 Å². The number of halogens is 1. The molecule has 0 aromatic rings. The van der Waals surface area contributed by atoms with Gasteiger partial charge in [-0.05, 0) is 11.6 Å². The predicted molar refractivity (Wildman–Crippen MR) is 51.1 cm³/mol. The summed E-state index contributed by atoms with van der Waals surface area (Å²) in [6, 6.07) is 0. The summed E-state index contributed by atoms with van der Waals surface area (Å²) in [5.41, 5.74) is 5.41. The number of aliphatic imine (C=N–C) groups is 2. The largest absolute Gasteiger partial charge is 0.476 e. The van der Waals surface area contributed by atoms with Gasteiger partial charge in [0.05, 0.1) is 6.54 Å². The average molecular weight is 215 g/mol. The highest BCUT2D eigenvalue weighted by Crippen LogP contribution is 2.19. The third-order valence-corrected chi connectivity index (χ3v) is 2.25. The second-order valence-electron chi connectivity index (χ2n) is 2.81. The van der Waals surface area contributed by atoms with Gasteiger partial charge in [-0.25, -0.2) is 9.79 Å². The van der Waals surface area contributed by atoms with Crippen LogP contribution in [-0.2, 0) is 4.79 Å². The van der Waals surface area contributed by atoms with Crippen LogP contribution in [0.25, 0.3) is 0 Å². The van der Waals surface area contributed by atoms with Gasteiger partial charge in [0, 0.05) is 6.54 Å². The molecule has 0 saturated carbocycles. The molecule has 0 radical (unpaired) electrons. The Bertz CT molecular complexity index is 398. The number of carboxylic acid groups (broad SMARTS) is 1. The average Bonchev–Trinajstić information content (AvgIpc) is 2.59. The van der Waals surface area contributed by atoms with E-state index < -0.39 is 5.97 Å². The summed E-state index contributed by atoms with van der Waals surface area (Å²) in [6.45, 7) is 1.14. The quantitative estimate of drug-likeness (QED) is 0.579. The third kappa shape index (κ3) is 1.15. The van der Waals surface area contributed by atoms with E-state index in [2.05, 4.69) is 9.98 Å². The Morgan fingerprint density at radius 3 is 3.00 bits per heavy atom. The number of hydrogen-bond acceptors (Lipinski definition) is 5. The highest BCUT2D eigenvalue weighted by molar-refractivity contribution is 6.66. The molecule has 14 heavy (non-hydrogen) atoms. The van der Waals surface area contributed by atoms with Gasteiger partial charge < -0.3 is 10.8 Å². The summed E-state index contributed by atoms with van der Waals surface area (Å²) < 4.78 is 0. The normalized spacial score (nSPS) is 20.5. The van der Waals surface area contributed by atoms with Gasteiger partial charge in [-0.3, -0.25) is 9.89 Å². The number of nitrogens with two attached hydrogens (primary N) is 1. The maximum atomic E-state index is 10.7. The number of hydrogen-bond donors (Lipinski definition) is 2. The van der Waals surface area contributed by atoms with Gasteiger partial charge in [0.1, 0.15) is 5.70 Å². The van der Waals surface area contributed by atoms with E-state index in [9.17, 15) is 4.79 Å². The molecule has 0 fully saturated rings. The Morgan fingerprint density at radius 1 is 1.64 bits per heavy atom. The number of aliphatic carboxylic acids is 1. The van der Waals surface area contributed by atoms with Crippen LogP contribution in [0.3, 0.4) is 0 Å². The topological polar surface area (TPSA) is 91.3 Å². The molecule has 0 aromatic carbocycles. The summed E-state index contributed by atoms with van der Waals surface area (Å²) in [6.07, 6.45) is 0. The van der Waals surface area contributed by atoms with Crippen LogP contribution < -0.4 is 5.73 Å². The molecule has 0 bridgehead atoms. The highest BCUT2D eigenvalue weighted by Gasteiger charge is 2.31. The lowest BCUT2D eigenvalue weighted by atomic mass is 10.2. The summed E-state index contributed by atoms with van der Waals surface area (Å²) in [5.74, 6) is -0.794. The first-order valence-electron chi connectivity index (χ1n) is 3.91. The molecule has 6 nitrogen and oxygen atoms in total. The molecule has 2 heterocycles. The number of carbonyl (C=O) groups is 1.